The Kier molecular flexibility index (Phi) is 3.54. The highest BCUT2D eigenvalue weighted by molar-refractivity contribution is 9.10. The van der Waals surface area contributed by atoms with E-state index in [-0.39, 0.29) is 23.5 Å². The molecule has 2 fully saturated rings. The first-order valence-corrected chi connectivity index (χ1v) is 7.61. The Hall–Kier alpha value is -1.36. The zero-order chi connectivity index (χ0) is 14.3. The number of hydrogen-bond acceptors (Lipinski definition) is 3. The van der Waals surface area contributed by atoms with Crippen LogP contribution in [0.4, 0.5) is 5.69 Å². The van der Waals surface area contributed by atoms with E-state index in [4.69, 9.17) is 5.11 Å². The second-order valence-electron chi connectivity index (χ2n) is 5.69. The second-order valence-corrected chi connectivity index (χ2v) is 6.60. The number of anilines is 1. The standard InChI is InChI=1S/C15H16BrNO3/c16-12-2-1-3-13(6-12)17-7-10-4-9(15(19)20)5-11(8-17)14(10)18/h1-3,6,9-11H,4-5,7-8H2,(H,19,20). The van der Waals surface area contributed by atoms with Crippen LogP contribution in [-0.2, 0) is 9.59 Å². The maximum absolute atomic E-state index is 12.2. The van der Waals surface area contributed by atoms with Crippen LogP contribution in [-0.4, -0.2) is 29.9 Å². The molecule has 1 heterocycles. The Labute approximate surface area is 125 Å². The molecule has 1 aromatic carbocycles. The molecule has 1 aromatic rings. The molecule has 1 saturated heterocycles. The van der Waals surface area contributed by atoms with E-state index in [0.717, 1.165) is 10.2 Å². The molecule has 5 heteroatoms. The number of carboxylic acids is 1. The quantitative estimate of drug-likeness (QED) is 0.901. The van der Waals surface area contributed by atoms with Gasteiger partial charge in [-0.1, -0.05) is 22.0 Å². The van der Waals surface area contributed by atoms with Crippen LogP contribution in [0.3, 0.4) is 0 Å². The predicted octanol–water partition coefficient (Wildman–Crippen LogP) is 2.57. The van der Waals surface area contributed by atoms with Crippen molar-refractivity contribution in [2.75, 3.05) is 18.0 Å². The van der Waals surface area contributed by atoms with Gasteiger partial charge in [0.2, 0.25) is 0 Å². The van der Waals surface area contributed by atoms with Gasteiger partial charge in [-0.05, 0) is 31.0 Å². The number of fused-ring (bicyclic) bond motifs is 2. The van der Waals surface area contributed by atoms with Crippen LogP contribution in [0.1, 0.15) is 12.8 Å². The topological polar surface area (TPSA) is 57.6 Å². The minimum absolute atomic E-state index is 0.136. The molecule has 0 amide bonds. The number of piperidine rings is 1. The van der Waals surface area contributed by atoms with E-state index < -0.39 is 5.97 Å². The van der Waals surface area contributed by atoms with Crippen LogP contribution < -0.4 is 4.90 Å². The Morgan fingerprint density at radius 1 is 1.25 bits per heavy atom. The lowest BCUT2D eigenvalue weighted by Gasteiger charge is -2.43. The summed E-state index contributed by atoms with van der Waals surface area (Å²) in [5, 5.41) is 9.17. The minimum atomic E-state index is -0.761. The number of rotatable bonds is 2. The fourth-order valence-corrected chi connectivity index (χ4v) is 3.76. The van der Waals surface area contributed by atoms with E-state index in [0.29, 0.717) is 25.9 Å². The molecule has 0 spiro atoms. The average molecular weight is 338 g/mol. The molecule has 0 aromatic heterocycles. The van der Waals surface area contributed by atoms with Gasteiger partial charge in [0, 0.05) is 35.1 Å². The smallest absolute Gasteiger partial charge is 0.306 e. The fourth-order valence-electron chi connectivity index (χ4n) is 3.37. The van der Waals surface area contributed by atoms with Crippen LogP contribution in [0, 0.1) is 17.8 Å². The van der Waals surface area contributed by atoms with Crippen molar-refractivity contribution in [1.29, 1.82) is 0 Å². The number of benzene rings is 1. The maximum atomic E-state index is 12.2. The van der Waals surface area contributed by atoms with Crippen molar-refractivity contribution in [2.45, 2.75) is 12.8 Å². The molecule has 1 saturated carbocycles. The molecule has 1 aliphatic heterocycles. The van der Waals surface area contributed by atoms with Gasteiger partial charge in [-0.25, -0.2) is 0 Å². The maximum Gasteiger partial charge on any atom is 0.306 e. The first-order chi connectivity index (χ1) is 9.54. The van der Waals surface area contributed by atoms with Gasteiger partial charge in [-0.3, -0.25) is 9.59 Å². The van der Waals surface area contributed by atoms with Crippen molar-refractivity contribution in [1.82, 2.24) is 0 Å². The molecule has 0 radical (unpaired) electrons. The van der Waals surface area contributed by atoms with E-state index >= 15 is 0 Å². The summed E-state index contributed by atoms with van der Waals surface area (Å²) < 4.78 is 1.01. The van der Waals surface area contributed by atoms with Gasteiger partial charge < -0.3 is 10.0 Å². The lowest BCUT2D eigenvalue weighted by atomic mass is 9.71. The molecule has 2 unspecified atom stereocenters. The van der Waals surface area contributed by atoms with E-state index in [1.54, 1.807) is 0 Å². The van der Waals surface area contributed by atoms with Crippen molar-refractivity contribution in [2.24, 2.45) is 17.8 Å². The monoisotopic (exact) mass is 337 g/mol. The zero-order valence-electron chi connectivity index (χ0n) is 11.0. The molecular formula is C15H16BrNO3. The molecule has 1 aliphatic carbocycles. The summed E-state index contributed by atoms with van der Waals surface area (Å²) >= 11 is 3.46. The summed E-state index contributed by atoms with van der Waals surface area (Å²) in [6, 6.07) is 8.02. The number of nitrogens with zero attached hydrogens (tertiary/aromatic N) is 1. The molecule has 2 bridgehead atoms. The van der Waals surface area contributed by atoms with Gasteiger partial charge in [-0.2, -0.15) is 0 Å². The van der Waals surface area contributed by atoms with Gasteiger partial charge in [-0.15, -0.1) is 0 Å². The van der Waals surface area contributed by atoms with Crippen molar-refractivity contribution < 1.29 is 14.7 Å². The molecular weight excluding hydrogens is 322 g/mol. The van der Waals surface area contributed by atoms with Crippen molar-refractivity contribution >= 4 is 33.4 Å². The summed E-state index contributed by atoms with van der Waals surface area (Å²) in [5.74, 6) is -1.13. The zero-order valence-corrected chi connectivity index (χ0v) is 12.5. The second kappa shape index (κ2) is 5.20. The number of carbonyl (C=O) groups excluding carboxylic acids is 1. The molecule has 106 valence electrons. The van der Waals surface area contributed by atoms with E-state index in [1.165, 1.54) is 0 Å². The van der Waals surface area contributed by atoms with Crippen molar-refractivity contribution in [3.8, 4) is 0 Å². The van der Waals surface area contributed by atoms with E-state index in [2.05, 4.69) is 20.8 Å². The third kappa shape index (κ3) is 2.46. The lowest BCUT2D eigenvalue weighted by Crippen LogP contribution is -2.52. The number of halogens is 1. The summed E-state index contributed by atoms with van der Waals surface area (Å²) in [7, 11) is 0. The molecule has 1 N–H and O–H groups in total. The predicted molar refractivity (Wildman–Crippen MR) is 78.7 cm³/mol. The van der Waals surface area contributed by atoms with E-state index in [1.807, 2.05) is 24.3 Å². The number of carbonyl (C=O) groups is 2. The minimum Gasteiger partial charge on any atom is -0.481 e. The first kappa shape index (κ1) is 13.6. The molecule has 4 nitrogen and oxygen atoms in total. The van der Waals surface area contributed by atoms with Gasteiger partial charge in [0.15, 0.2) is 0 Å². The first-order valence-electron chi connectivity index (χ1n) is 6.81. The summed E-state index contributed by atoms with van der Waals surface area (Å²) in [4.78, 5) is 25.6. The molecule has 2 aliphatic rings. The lowest BCUT2D eigenvalue weighted by molar-refractivity contribution is -0.146. The summed E-state index contributed by atoms with van der Waals surface area (Å²) in [5.41, 5.74) is 1.09. The number of ketones is 1. The highest BCUT2D eigenvalue weighted by atomic mass is 79.9. The average Bonchev–Trinajstić information content (AvgIpc) is 2.38. The van der Waals surface area contributed by atoms with Crippen LogP contribution in [0.5, 0.6) is 0 Å². The van der Waals surface area contributed by atoms with Gasteiger partial charge in [0.1, 0.15) is 5.78 Å². The van der Waals surface area contributed by atoms with Gasteiger partial charge >= 0.3 is 5.97 Å². The Morgan fingerprint density at radius 3 is 2.45 bits per heavy atom. The number of carboxylic acid groups (broad SMARTS) is 1. The number of Topliss-reactive ketones (excluding diaryl/α,β-unsaturated/α-hetero) is 1. The highest BCUT2D eigenvalue weighted by Crippen LogP contribution is 2.37. The third-order valence-electron chi connectivity index (χ3n) is 4.35. The third-order valence-corrected chi connectivity index (χ3v) is 4.84. The Morgan fingerprint density at radius 2 is 1.90 bits per heavy atom. The van der Waals surface area contributed by atoms with Gasteiger partial charge in [0.05, 0.1) is 5.92 Å². The Bertz CT molecular complexity index is 542. The normalized spacial score (nSPS) is 29.4. The van der Waals surface area contributed by atoms with Crippen molar-refractivity contribution in [3.63, 3.8) is 0 Å². The van der Waals surface area contributed by atoms with Crippen LogP contribution in [0.25, 0.3) is 0 Å². The fraction of sp³-hybridized carbons (Fsp3) is 0.467. The van der Waals surface area contributed by atoms with Crippen LogP contribution in [0.2, 0.25) is 0 Å². The van der Waals surface area contributed by atoms with Gasteiger partial charge in [0.25, 0.3) is 0 Å². The SMILES string of the molecule is O=C(O)C1CC2CN(c3cccc(Br)c3)CC(C1)C2=O. The molecule has 3 rings (SSSR count). The van der Waals surface area contributed by atoms with Crippen LogP contribution in [0.15, 0.2) is 28.7 Å². The molecule has 2 atom stereocenters. The molecule has 20 heavy (non-hydrogen) atoms. The van der Waals surface area contributed by atoms with Crippen LogP contribution >= 0.6 is 15.9 Å². The number of hydrogen-bond donors (Lipinski definition) is 1. The largest absolute Gasteiger partial charge is 0.481 e. The number of aliphatic carboxylic acids is 1. The summed E-state index contributed by atoms with van der Waals surface area (Å²) in [6.07, 6.45) is 0.963. The van der Waals surface area contributed by atoms with E-state index in [9.17, 15) is 9.59 Å². The summed E-state index contributed by atoms with van der Waals surface area (Å²) in [6.45, 7) is 1.27. The Balaban J connectivity index is 1.81. The highest BCUT2D eigenvalue weighted by Gasteiger charge is 2.43. The van der Waals surface area contributed by atoms with Crippen molar-refractivity contribution in [3.05, 3.63) is 28.7 Å².